The molecule has 92 valence electrons. The van der Waals surface area contributed by atoms with Gasteiger partial charge in [-0.2, -0.15) is 0 Å². The average molecular weight is 256 g/mol. The summed E-state index contributed by atoms with van der Waals surface area (Å²) in [5.41, 5.74) is 0.319. The summed E-state index contributed by atoms with van der Waals surface area (Å²) >= 11 is 5.73. The fourth-order valence-electron chi connectivity index (χ4n) is 1.82. The molecule has 1 aromatic heterocycles. The maximum Gasteiger partial charge on any atom is 0.270 e. The number of rotatable bonds is 3. The quantitative estimate of drug-likeness (QED) is 0.770. The van der Waals surface area contributed by atoms with Crippen LogP contribution >= 0.6 is 11.6 Å². The molecule has 2 N–H and O–H groups in total. The maximum absolute atomic E-state index is 11.9. The van der Waals surface area contributed by atoms with Crippen molar-refractivity contribution < 1.29 is 9.53 Å². The van der Waals surface area contributed by atoms with E-state index in [0.717, 1.165) is 6.54 Å². The number of aromatic nitrogens is 1. The SMILES string of the molecule is COC1CNCC1NC(=O)c1cccc(Cl)n1. The molecule has 2 atom stereocenters. The molecule has 1 saturated heterocycles. The van der Waals surface area contributed by atoms with Gasteiger partial charge < -0.3 is 15.4 Å². The highest BCUT2D eigenvalue weighted by Gasteiger charge is 2.28. The van der Waals surface area contributed by atoms with Crippen molar-refractivity contribution in [1.82, 2.24) is 15.6 Å². The van der Waals surface area contributed by atoms with E-state index in [1.54, 1.807) is 25.3 Å². The Balaban J connectivity index is 2.01. The van der Waals surface area contributed by atoms with Crippen molar-refractivity contribution in [3.05, 3.63) is 29.0 Å². The molecule has 0 aromatic carbocycles. The minimum absolute atomic E-state index is 0.00173. The lowest BCUT2D eigenvalue weighted by Gasteiger charge is -2.18. The number of carbonyl (C=O) groups excluding carboxylic acids is 1. The topological polar surface area (TPSA) is 63.2 Å². The van der Waals surface area contributed by atoms with Crippen molar-refractivity contribution >= 4 is 17.5 Å². The Kier molecular flexibility index (Phi) is 3.93. The molecule has 0 bridgehead atoms. The van der Waals surface area contributed by atoms with Crippen molar-refractivity contribution in [2.75, 3.05) is 20.2 Å². The second-order valence-corrected chi connectivity index (χ2v) is 4.25. The van der Waals surface area contributed by atoms with Gasteiger partial charge in [-0.05, 0) is 12.1 Å². The van der Waals surface area contributed by atoms with Gasteiger partial charge in [0.05, 0.1) is 12.1 Å². The van der Waals surface area contributed by atoms with E-state index in [9.17, 15) is 4.79 Å². The van der Waals surface area contributed by atoms with E-state index < -0.39 is 0 Å². The number of nitrogens with one attached hydrogen (secondary N) is 2. The molecule has 2 rings (SSSR count). The monoisotopic (exact) mass is 255 g/mol. The predicted octanol–water partition coefficient (Wildman–Crippen LogP) is 0.452. The standard InChI is InChI=1S/C11H14ClN3O2/c1-17-9-6-13-5-8(9)15-11(16)7-3-2-4-10(12)14-7/h2-4,8-9,13H,5-6H2,1H3,(H,15,16). The van der Waals surface area contributed by atoms with E-state index in [-0.39, 0.29) is 18.1 Å². The van der Waals surface area contributed by atoms with Gasteiger partial charge in [0.25, 0.3) is 5.91 Å². The molecule has 1 aromatic rings. The maximum atomic E-state index is 11.9. The van der Waals surface area contributed by atoms with Crippen LogP contribution in [0.5, 0.6) is 0 Å². The molecule has 1 aliphatic rings. The lowest BCUT2D eigenvalue weighted by molar-refractivity contribution is 0.0776. The smallest absolute Gasteiger partial charge is 0.270 e. The van der Waals surface area contributed by atoms with Crippen molar-refractivity contribution in [3.63, 3.8) is 0 Å². The van der Waals surface area contributed by atoms with E-state index in [1.807, 2.05) is 0 Å². The van der Waals surface area contributed by atoms with E-state index in [1.165, 1.54) is 0 Å². The molecule has 0 aliphatic carbocycles. The van der Waals surface area contributed by atoms with Gasteiger partial charge in [-0.15, -0.1) is 0 Å². The first kappa shape index (κ1) is 12.3. The first-order valence-corrected chi connectivity index (χ1v) is 5.75. The highest BCUT2D eigenvalue weighted by Crippen LogP contribution is 2.07. The summed E-state index contributed by atoms with van der Waals surface area (Å²) in [5, 5.41) is 6.34. The number of hydrogen-bond donors (Lipinski definition) is 2. The molecular formula is C11H14ClN3O2. The molecule has 2 unspecified atom stereocenters. The van der Waals surface area contributed by atoms with Crippen LogP contribution < -0.4 is 10.6 Å². The third-order valence-corrected chi connectivity index (χ3v) is 2.94. The lowest BCUT2D eigenvalue weighted by atomic mass is 10.2. The first-order valence-electron chi connectivity index (χ1n) is 5.37. The zero-order valence-corrected chi connectivity index (χ0v) is 10.2. The third-order valence-electron chi connectivity index (χ3n) is 2.73. The van der Waals surface area contributed by atoms with Gasteiger partial charge in [-0.3, -0.25) is 4.79 Å². The largest absolute Gasteiger partial charge is 0.378 e. The van der Waals surface area contributed by atoms with E-state index in [0.29, 0.717) is 17.4 Å². The van der Waals surface area contributed by atoms with Crippen molar-refractivity contribution in [2.24, 2.45) is 0 Å². The van der Waals surface area contributed by atoms with Gasteiger partial charge in [0.15, 0.2) is 0 Å². The van der Waals surface area contributed by atoms with Crippen LogP contribution in [0, 0.1) is 0 Å². The number of methoxy groups -OCH3 is 1. The molecule has 0 saturated carbocycles. The number of pyridine rings is 1. The Morgan fingerprint density at radius 2 is 2.41 bits per heavy atom. The number of carbonyl (C=O) groups is 1. The molecule has 1 amide bonds. The summed E-state index contributed by atoms with van der Waals surface area (Å²) in [6.07, 6.45) is -0.00173. The van der Waals surface area contributed by atoms with Crippen LogP contribution in [0.2, 0.25) is 5.15 Å². The summed E-state index contributed by atoms with van der Waals surface area (Å²) in [7, 11) is 1.63. The second-order valence-electron chi connectivity index (χ2n) is 3.86. The zero-order valence-electron chi connectivity index (χ0n) is 9.44. The Labute approximate surface area is 105 Å². The summed E-state index contributed by atoms with van der Waals surface area (Å²) in [6.45, 7) is 1.44. The molecule has 0 radical (unpaired) electrons. The summed E-state index contributed by atoms with van der Waals surface area (Å²) in [4.78, 5) is 15.9. The van der Waals surface area contributed by atoms with E-state index >= 15 is 0 Å². The molecule has 0 spiro atoms. The van der Waals surface area contributed by atoms with Crippen molar-refractivity contribution in [3.8, 4) is 0 Å². The fraction of sp³-hybridized carbons (Fsp3) is 0.455. The van der Waals surface area contributed by atoms with Gasteiger partial charge in [-0.1, -0.05) is 17.7 Å². The van der Waals surface area contributed by atoms with Gasteiger partial charge >= 0.3 is 0 Å². The molecule has 5 nitrogen and oxygen atoms in total. The minimum Gasteiger partial charge on any atom is -0.378 e. The zero-order chi connectivity index (χ0) is 12.3. The number of ether oxygens (including phenoxy) is 1. The van der Waals surface area contributed by atoms with Crippen LogP contribution in [-0.4, -0.2) is 43.2 Å². The number of nitrogens with zero attached hydrogens (tertiary/aromatic N) is 1. The lowest BCUT2D eigenvalue weighted by Crippen LogP contribution is -2.43. The number of amides is 1. The normalized spacial score (nSPS) is 23.6. The molecule has 6 heteroatoms. The highest BCUT2D eigenvalue weighted by atomic mass is 35.5. The predicted molar refractivity (Wildman–Crippen MR) is 64.2 cm³/mol. The molecule has 1 aliphatic heterocycles. The molecule has 2 heterocycles. The third kappa shape index (κ3) is 2.94. The Morgan fingerprint density at radius 1 is 1.59 bits per heavy atom. The van der Waals surface area contributed by atoms with Crippen LogP contribution in [0.1, 0.15) is 10.5 Å². The summed E-state index contributed by atoms with van der Waals surface area (Å²) < 4.78 is 5.26. The summed E-state index contributed by atoms with van der Waals surface area (Å²) in [6, 6.07) is 4.93. The second kappa shape index (κ2) is 5.44. The number of hydrogen-bond acceptors (Lipinski definition) is 4. The summed E-state index contributed by atoms with van der Waals surface area (Å²) in [5.74, 6) is -0.233. The van der Waals surface area contributed by atoms with Crippen LogP contribution in [0.15, 0.2) is 18.2 Å². The van der Waals surface area contributed by atoms with Gasteiger partial charge in [-0.25, -0.2) is 4.98 Å². The van der Waals surface area contributed by atoms with Crippen molar-refractivity contribution in [2.45, 2.75) is 12.1 Å². The van der Waals surface area contributed by atoms with Crippen molar-refractivity contribution in [1.29, 1.82) is 0 Å². The van der Waals surface area contributed by atoms with Gasteiger partial charge in [0.1, 0.15) is 10.8 Å². The van der Waals surface area contributed by atoms with Crippen LogP contribution in [-0.2, 0) is 4.74 Å². The fourth-order valence-corrected chi connectivity index (χ4v) is 1.99. The Hall–Kier alpha value is -1.17. The van der Waals surface area contributed by atoms with Crippen LogP contribution in [0.3, 0.4) is 0 Å². The average Bonchev–Trinajstić information content (AvgIpc) is 2.76. The van der Waals surface area contributed by atoms with Crippen LogP contribution in [0.25, 0.3) is 0 Å². The van der Waals surface area contributed by atoms with E-state index in [2.05, 4.69) is 15.6 Å². The van der Waals surface area contributed by atoms with Crippen LogP contribution in [0.4, 0.5) is 0 Å². The van der Waals surface area contributed by atoms with E-state index in [4.69, 9.17) is 16.3 Å². The Morgan fingerprint density at radius 3 is 3.12 bits per heavy atom. The number of halogens is 1. The van der Waals surface area contributed by atoms with Gasteiger partial charge in [0, 0.05) is 20.2 Å². The molecular weight excluding hydrogens is 242 g/mol. The molecule has 1 fully saturated rings. The minimum atomic E-state index is -0.233. The molecule has 17 heavy (non-hydrogen) atoms. The highest BCUT2D eigenvalue weighted by molar-refractivity contribution is 6.29. The first-order chi connectivity index (χ1) is 8.20. The van der Waals surface area contributed by atoms with Gasteiger partial charge in [0.2, 0.25) is 0 Å². The Bertz CT molecular complexity index is 413.